The van der Waals surface area contributed by atoms with Crippen LogP contribution in [0.3, 0.4) is 0 Å². The van der Waals surface area contributed by atoms with Crippen LogP contribution in [0.15, 0.2) is 66.9 Å². The SMILES string of the molecule is O=C(NCC1CC1)c1ccc(-c2ccc3nnn(Cc4ccc5ncccc5c4)c3n2)cc1F. The summed E-state index contributed by atoms with van der Waals surface area (Å²) in [4.78, 5) is 21.4. The van der Waals surface area contributed by atoms with Crippen LogP contribution in [0.5, 0.6) is 0 Å². The van der Waals surface area contributed by atoms with Crippen LogP contribution in [0.4, 0.5) is 4.39 Å². The number of pyridine rings is 2. The van der Waals surface area contributed by atoms with Crippen molar-refractivity contribution in [2.45, 2.75) is 19.4 Å². The zero-order valence-electron chi connectivity index (χ0n) is 18.3. The van der Waals surface area contributed by atoms with Crippen molar-refractivity contribution in [3.8, 4) is 11.3 Å². The summed E-state index contributed by atoms with van der Waals surface area (Å²) in [5.74, 6) is -0.414. The summed E-state index contributed by atoms with van der Waals surface area (Å²) in [6, 6.07) is 18.2. The van der Waals surface area contributed by atoms with E-state index in [2.05, 4.69) is 26.7 Å². The zero-order chi connectivity index (χ0) is 23.1. The van der Waals surface area contributed by atoms with Crippen molar-refractivity contribution in [2.24, 2.45) is 5.92 Å². The molecule has 3 heterocycles. The minimum Gasteiger partial charge on any atom is -0.352 e. The van der Waals surface area contributed by atoms with Gasteiger partial charge in [-0.1, -0.05) is 23.4 Å². The van der Waals surface area contributed by atoms with Gasteiger partial charge in [0, 0.05) is 23.7 Å². The van der Waals surface area contributed by atoms with Crippen LogP contribution in [0.25, 0.3) is 33.3 Å². The summed E-state index contributed by atoms with van der Waals surface area (Å²) in [6.45, 7) is 1.09. The number of hydrogen-bond donors (Lipinski definition) is 1. The Kier molecular flexibility index (Phi) is 4.98. The second-order valence-corrected chi connectivity index (χ2v) is 8.66. The molecule has 1 aliphatic rings. The Morgan fingerprint density at radius 1 is 1.06 bits per heavy atom. The van der Waals surface area contributed by atoms with E-state index >= 15 is 0 Å². The third-order valence-electron chi connectivity index (χ3n) is 6.12. The van der Waals surface area contributed by atoms with E-state index in [0.29, 0.717) is 41.4 Å². The molecule has 0 atom stereocenters. The highest BCUT2D eigenvalue weighted by atomic mass is 19.1. The van der Waals surface area contributed by atoms with Gasteiger partial charge in [0.05, 0.1) is 23.3 Å². The van der Waals surface area contributed by atoms with Gasteiger partial charge in [0.2, 0.25) is 0 Å². The third-order valence-corrected chi connectivity index (χ3v) is 6.12. The maximum Gasteiger partial charge on any atom is 0.254 e. The Hall–Kier alpha value is -4.20. The number of nitrogens with one attached hydrogen (secondary N) is 1. The second kappa shape index (κ2) is 8.30. The summed E-state index contributed by atoms with van der Waals surface area (Å²) in [7, 11) is 0. The summed E-state index contributed by atoms with van der Waals surface area (Å²) in [5.41, 5.74) is 4.46. The van der Waals surface area contributed by atoms with E-state index in [1.54, 1.807) is 23.0 Å². The Bertz CT molecular complexity index is 1540. The van der Waals surface area contributed by atoms with Crippen LogP contribution in [0, 0.1) is 11.7 Å². The molecule has 6 rings (SSSR count). The molecule has 0 saturated heterocycles. The minimum absolute atomic E-state index is 0.0444. The lowest BCUT2D eigenvalue weighted by Crippen LogP contribution is -2.26. The van der Waals surface area contributed by atoms with Crippen molar-refractivity contribution in [1.29, 1.82) is 0 Å². The van der Waals surface area contributed by atoms with Crippen LogP contribution in [-0.4, -0.2) is 37.4 Å². The number of fused-ring (bicyclic) bond motifs is 2. The summed E-state index contributed by atoms with van der Waals surface area (Å²) in [5, 5.41) is 12.3. The van der Waals surface area contributed by atoms with Crippen LogP contribution < -0.4 is 5.32 Å². The van der Waals surface area contributed by atoms with Gasteiger partial charge in [-0.2, -0.15) is 0 Å². The molecule has 1 fully saturated rings. The molecule has 168 valence electrons. The van der Waals surface area contributed by atoms with Gasteiger partial charge in [-0.15, -0.1) is 5.10 Å². The molecule has 0 unspecified atom stereocenters. The minimum atomic E-state index is -0.566. The van der Waals surface area contributed by atoms with Gasteiger partial charge in [0.25, 0.3) is 5.91 Å². The molecule has 0 radical (unpaired) electrons. The molecule has 3 aromatic heterocycles. The molecule has 7 nitrogen and oxygen atoms in total. The van der Waals surface area contributed by atoms with Crippen molar-refractivity contribution in [3.05, 3.63) is 83.8 Å². The van der Waals surface area contributed by atoms with E-state index in [0.717, 1.165) is 29.3 Å². The van der Waals surface area contributed by atoms with Crippen LogP contribution in [-0.2, 0) is 6.54 Å². The Morgan fingerprint density at radius 2 is 1.94 bits per heavy atom. The van der Waals surface area contributed by atoms with Crippen LogP contribution >= 0.6 is 0 Å². The predicted molar refractivity (Wildman–Crippen MR) is 127 cm³/mol. The summed E-state index contributed by atoms with van der Waals surface area (Å²) >= 11 is 0. The molecule has 0 bridgehead atoms. The van der Waals surface area contributed by atoms with Gasteiger partial charge in [-0.3, -0.25) is 9.78 Å². The zero-order valence-corrected chi connectivity index (χ0v) is 18.3. The number of benzene rings is 2. The maximum absolute atomic E-state index is 14.8. The Labute approximate surface area is 194 Å². The van der Waals surface area contributed by atoms with Crippen molar-refractivity contribution >= 4 is 28.0 Å². The van der Waals surface area contributed by atoms with E-state index in [9.17, 15) is 9.18 Å². The van der Waals surface area contributed by atoms with Gasteiger partial charge >= 0.3 is 0 Å². The number of aromatic nitrogens is 5. The molecule has 1 amide bonds. The van der Waals surface area contributed by atoms with Crippen molar-refractivity contribution in [1.82, 2.24) is 30.3 Å². The lowest BCUT2D eigenvalue weighted by molar-refractivity contribution is 0.0948. The molecule has 1 N–H and O–H groups in total. The molecular formula is C26H21FN6O. The molecule has 1 aliphatic carbocycles. The average Bonchev–Trinajstić information content (AvgIpc) is 3.62. The Balaban J connectivity index is 1.28. The van der Waals surface area contributed by atoms with E-state index in [4.69, 9.17) is 4.98 Å². The first-order valence-electron chi connectivity index (χ1n) is 11.3. The van der Waals surface area contributed by atoms with Crippen LogP contribution in [0.1, 0.15) is 28.8 Å². The fourth-order valence-corrected chi connectivity index (χ4v) is 4.03. The predicted octanol–water partition coefficient (Wildman–Crippen LogP) is 4.37. The normalized spacial score (nSPS) is 13.4. The number of rotatable bonds is 6. The van der Waals surface area contributed by atoms with Crippen molar-refractivity contribution in [3.63, 3.8) is 0 Å². The third kappa shape index (κ3) is 3.98. The van der Waals surface area contributed by atoms with Gasteiger partial charge in [-0.05, 0) is 66.8 Å². The molecule has 0 aliphatic heterocycles. The fourth-order valence-electron chi connectivity index (χ4n) is 4.03. The largest absolute Gasteiger partial charge is 0.352 e. The standard InChI is InChI=1S/C26H21FN6O/c27-21-13-19(6-7-20(21)26(34)29-14-16-3-4-16)23-9-10-24-25(30-23)33(32-31-24)15-17-5-8-22-18(12-17)2-1-11-28-22/h1-2,5-13,16H,3-4,14-15H2,(H,29,34). The Morgan fingerprint density at radius 3 is 2.79 bits per heavy atom. The molecule has 5 aromatic rings. The number of carbonyl (C=O) groups is 1. The molecule has 34 heavy (non-hydrogen) atoms. The molecule has 2 aromatic carbocycles. The molecule has 8 heteroatoms. The average molecular weight is 452 g/mol. The van der Waals surface area contributed by atoms with E-state index < -0.39 is 5.82 Å². The maximum atomic E-state index is 14.8. The topological polar surface area (TPSA) is 85.6 Å². The number of amides is 1. The van der Waals surface area contributed by atoms with E-state index in [1.807, 2.05) is 30.3 Å². The number of halogens is 1. The second-order valence-electron chi connectivity index (χ2n) is 8.66. The van der Waals surface area contributed by atoms with E-state index in [1.165, 1.54) is 12.1 Å². The molecule has 0 spiro atoms. The fraction of sp³-hybridized carbons (Fsp3) is 0.192. The van der Waals surface area contributed by atoms with Gasteiger partial charge in [0.15, 0.2) is 5.65 Å². The quantitative estimate of drug-likeness (QED) is 0.414. The van der Waals surface area contributed by atoms with E-state index in [-0.39, 0.29) is 11.5 Å². The molecule has 1 saturated carbocycles. The first kappa shape index (κ1) is 20.4. The first-order valence-corrected chi connectivity index (χ1v) is 11.3. The lowest BCUT2D eigenvalue weighted by Gasteiger charge is -2.08. The van der Waals surface area contributed by atoms with Crippen LogP contribution in [0.2, 0.25) is 0 Å². The van der Waals surface area contributed by atoms with Gasteiger partial charge < -0.3 is 5.32 Å². The number of hydrogen-bond acceptors (Lipinski definition) is 5. The van der Waals surface area contributed by atoms with Gasteiger partial charge in [-0.25, -0.2) is 14.1 Å². The summed E-state index contributed by atoms with van der Waals surface area (Å²) < 4.78 is 16.5. The summed E-state index contributed by atoms with van der Waals surface area (Å²) in [6.07, 6.45) is 4.02. The van der Waals surface area contributed by atoms with Gasteiger partial charge in [0.1, 0.15) is 11.3 Å². The highest BCUT2D eigenvalue weighted by Gasteiger charge is 2.22. The van der Waals surface area contributed by atoms with Crippen molar-refractivity contribution in [2.75, 3.05) is 6.54 Å². The molecular weight excluding hydrogens is 431 g/mol. The lowest BCUT2D eigenvalue weighted by atomic mass is 10.1. The first-order chi connectivity index (χ1) is 16.6. The van der Waals surface area contributed by atoms with Crippen molar-refractivity contribution < 1.29 is 9.18 Å². The monoisotopic (exact) mass is 452 g/mol. The number of nitrogens with zero attached hydrogens (tertiary/aromatic N) is 5. The highest BCUT2D eigenvalue weighted by molar-refractivity contribution is 5.95. The number of carbonyl (C=O) groups excluding carboxylic acids is 1. The smallest absolute Gasteiger partial charge is 0.254 e. The highest BCUT2D eigenvalue weighted by Crippen LogP contribution is 2.28.